The van der Waals surface area contributed by atoms with Gasteiger partial charge in [0.05, 0.1) is 24.3 Å². The third kappa shape index (κ3) is 7.65. The summed E-state index contributed by atoms with van der Waals surface area (Å²) < 4.78 is 2.06. The first-order valence-corrected chi connectivity index (χ1v) is 20.6. The summed E-state index contributed by atoms with van der Waals surface area (Å²) in [6.45, 7) is 9.42. The van der Waals surface area contributed by atoms with Crippen molar-refractivity contribution < 1.29 is 14.4 Å². The van der Waals surface area contributed by atoms with E-state index in [0.29, 0.717) is 31.5 Å². The number of amides is 3. The van der Waals surface area contributed by atoms with Crippen LogP contribution >= 0.6 is 0 Å². The molecule has 4 heterocycles. The van der Waals surface area contributed by atoms with Gasteiger partial charge in [-0.3, -0.25) is 19.1 Å². The van der Waals surface area contributed by atoms with Crippen LogP contribution in [0, 0.1) is 0 Å². The highest BCUT2D eigenvalue weighted by atomic mass is 16.2. The molecule has 2 N–H and O–H groups in total. The fourth-order valence-electron chi connectivity index (χ4n) is 9.07. The molecule has 0 saturated carbocycles. The van der Waals surface area contributed by atoms with Crippen LogP contribution in [0.5, 0.6) is 0 Å². The molecule has 294 valence electrons. The van der Waals surface area contributed by atoms with Crippen LogP contribution in [0.4, 0.5) is 22.7 Å². The maximum absolute atomic E-state index is 13.6. The van der Waals surface area contributed by atoms with Crippen molar-refractivity contribution in [2.24, 2.45) is 0 Å². The van der Waals surface area contributed by atoms with Gasteiger partial charge in [0.25, 0.3) is 5.91 Å². The predicted molar refractivity (Wildman–Crippen MR) is 228 cm³/mol. The number of hydrogen-bond donors (Lipinski definition) is 2. The Bertz CT molecular complexity index is 2220. The molecule has 8 rings (SSSR count). The van der Waals surface area contributed by atoms with Gasteiger partial charge in [0.15, 0.2) is 0 Å². The average molecular weight is 764 g/mol. The molecule has 4 atom stereocenters. The Morgan fingerprint density at radius 3 is 1.65 bits per heavy atom. The quantitative estimate of drug-likeness (QED) is 0.155. The maximum atomic E-state index is 13.6. The molecule has 4 aromatic carbocycles. The second-order valence-electron chi connectivity index (χ2n) is 15.8. The molecular weight excluding hydrogens is 711 g/mol. The number of carbonyl (C=O) groups is 3. The summed E-state index contributed by atoms with van der Waals surface area (Å²) >= 11 is 0. The van der Waals surface area contributed by atoms with Crippen LogP contribution in [0.3, 0.4) is 0 Å². The number of para-hydroxylation sites is 2. The lowest BCUT2D eigenvalue weighted by atomic mass is 9.91. The van der Waals surface area contributed by atoms with Gasteiger partial charge in [-0.1, -0.05) is 62.4 Å². The molecule has 10 nitrogen and oxygen atoms in total. The number of nitrogens with one attached hydrogen (secondary N) is 2. The van der Waals surface area contributed by atoms with Crippen LogP contribution in [-0.2, 0) is 9.59 Å². The number of fused-ring (bicyclic) bond motifs is 2. The number of hydrogen-bond acceptors (Lipinski definition) is 6. The molecule has 3 aliphatic rings. The molecule has 0 aliphatic carbocycles. The van der Waals surface area contributed by atoms with E-state index in [9.17, 15) is 14.4 Å². The maximum Gasteiger partial charge on any atom is 0.253 e. The third-order valence-corrected chi connectivity index (χ3v) is 12.1. The second-order valence-corrected chi connectivity index (χ2v) is 15.8. The van der Waals surface area contributed by atoms with E-state index in [1.807, 2.05) is 89.3 Å². The van der Waals surface area contributed by atoms with Crippen molar-refractivity contribution in [1.82, 2.24) is 14.7 Å². The van der Waals surface area contributed by atoms with Gasteiger partial charge in [-0.2, -0.15) is 5.10 Å². The van der Waals surface area contributed by atoms with Crippen LogP contribution in [-0.4, -0.2) is 57.6 Å². The molecule has 57 heavy (non-hydrogen) atoms. The summed E-state index contributed by atoms with van der Waals surface area (Å²) in [5.74, 6) is 0.352. The monoisotopic (exact) mass is 763 g/mol. The van der Waals surface area contributed by atoms with Crippen molar-refractivity contribution in [2.75, 3.05) is 33.5 Å². The molecule has 5 aromatic rings. The van der Waals surface area contributed by atoms with Crippen molar-refractivity contribution in [3.63, 3.8) is 0 Å². The van der Waals surface area contributed by atoms with E-state index in [-0.39, 0.29) is 47.9 Å². The fraction of sp³-hybridized carbons (Fsp3) is 0.362. The van der Waals surface area contributed by atoms with E-state index in [0.717, 1.165) is 70.7 Å². The summed E-state index contributed by atoms with van der Waals surface area (Å²) in [7, 11) is 0. The Balaban J connectivity index is 0.853. The SMILES string of the molecule is CCC(=O)N1c2ccccc2[C@H](Nc2ccc(C(=O)N3CCC(n4cc(-c5ccc(N[C@@H]6C[C@H](C)N(C(=O)CC)c7ccccc76)cc5)cn4)CC3)cc2)C[C@@H]1C. The highest BCUT2D eigenvalue weighted by molar-refractivity contribution is 5.96. The first-order valence-electron chi connectivity index (χ1n) is 20.6. The van der Waals surface area contributed by atoms with Crippen molar-refractivity contribution in [3.8, 4) is 11.1 Å². The summed E-state index contributed by atoms with van der Waals surface area (Å²) in [6, 6.07) is 33.3. The molecule has 1 aromatic heterocycles. The highest BCUT2D eigenvalue weighted by Crippen LogP contribution is 2.41. The van der Waals surface area contributed by atoms with Gasteiger partial charge in [0.1, 0.15) is 0 Å². The topological polar surface area (TPSA) is 103 Å². The predicted octanol–water partition coefficient (Wildman–Crippen LogP) is 9.40. The molecule has 0 radical (unpaired) electrons. The number of carbonyl (C=O) groups excluding carboxylic acids is 3. The number of nitrogens with zero attached hydrogens (tertiary/aromatic N) is 5. The Kier molecular flexibility index (Phi) is 10.9. The zero-order valence-corrected chi connectivity index (χ0v) is 33.4. The second kappa shape index (κ2) is 16.3. The van der Waals surface area contributed by atoms with Gasteiger partial charge in [-0.05, 0) is 105 Å². The summed E-state index contributed by atoms with van der Waals surface area (Å²) in [6.07, 6.45) is 8.35. The van der Waals surface area contributed by atoms with E-state index in [1.165, 1.54) is 0 Å². The number of piperidine rings is 1. The minimum atomic E-state index is 0.0538. The van der Waals surface area contributed by atoms with Gasteiger partial charge in [-0.25, -0.2) is 0 Å². The number of anilines is 4. The van der Waals surface area contributed by atoms with Gasteiger partial charge < -0.3 is 25.3 Å². The van der Waals surface area contributed by atoms with Gasteiger partial charge in [0, 0.05) is 78.1 Å². The van der Waals surface area contributed by atoms with Crippen molar-refractivity contribution in [1.29, 1.82) is 0 Å². The first kappa shape index (κ1) is 38.0. The molecule has 10 heteroatoms. The lowest BCUT2D eigenvalue weighted by Crippen LogP contribution is -2.44. The smallest absolute Gasteiger partial charge is 0.253 e. The number of rotatable bonds is 9. The number of aromatic nitrogens is 2. The fourth-order valence-corrected chi connectivity index (χ4v) is 9.07. The highest BCUT2D eigenvalue weighted by Gasteiger charge is 2.34. The summed E-state index contributed by atoms with van der Waals surface area (Å²) in [5, 5.41) is 12.2. The van der Waals surface area contributed by atoms with Gasteiger partial charge in [0.2, 0.25) is 11.8 Å². The standard InChI is InChI=1S/C47H53N7O3/c1-5-45(55)53-31(3)27-41(39-11-7-9-13-43(39)53)49-36-19-15-33(16-20-36)35-29-48-52(30-35)38-23-25-51(26-24-38)47(57)34-17-21-37(22-18-34)50-42-28-32(4)54(46(56)6-2)44-14-10-8-12-40(42)44/h7-22,29-32,38,41-42,49-50H,5-6,23-28H2,1-4H3/t31-,32-,41+,42+/m0/s1. The Hall–Kier alpha value is -5.90. The van der Waals surface area contributed by atoms with E-state index < -0.39 is 0 Å². The molecular formula is C47H53N7O3. The van der Waals surface area contributed by atoms with Crippen molar-refractivity contribution in [2.45, 2.75) is 96.4 Å². The van der Waals surface area contributed by atoms with Crippen LogP contribution < -0.4 is 20.4 Å². The summed E-state index contributed by atoms with van der Waals surface area (Å²) in [5.41, 5.74) is 9.09. The van der Waals surface area contributed by atoms with Crippen LogP contribution in [0.15, 0.2) is 109 Å². The van der Waals surface area contributed by atoms with E-state index in [1.54, 1.807) is 0 Å². The normalized spacial score (nSPS) is 20.7. The van der Waals surface area contributed by atoms with Crippen molar-refractivity contribution in [3.05, 3.63) is 126 Å². The van der Waals surface area contributed by atoms with E-state index in [2.05, 4.69) is 77.8 Å². The third-order valence-electron chi connectivity index (χ3n) is 12.1. The van der Waals surface area contributed by atoms with Crippen LogP contribution in [0.2, 0.25) is 0 Å². The molecule has 0 bridgehead atoms. The number of likely N-dealkylation sites (tertiary alicyclic amines) is 1. The lowest BCUT2D eigenvalue weighted by molar-refractivity contribution is -0.119. The zero-order valence-electron chi connectivity index (χ0n) is 33.4. The minimum Gasteiger partial charge on any atom is -0.378 e. The Morgan fingerprint density at radius 1 is 0.649 bits per heavy atom. The molecule has 1 fully saturated rings. The van der Waals surface area contributed by atoms with Crippen LogP contribution in [0.1, 0.15) is 106 Å². The minimum absolute atomic E-state index is 0.0538. The zero-order chi connectivity index (χ0) is 39.6. The Labute approximate surface area is 335 Å². The van der Waals surface area contributed by atoms with E-state index in [4.69, 9.17) is 5.10 Å². The summed E-state index contributed by atoms with van der Waals surface area (Å²) in [4.78, 5) is 44.9. The van der Waals surface area contributed by atoms with E-state index >= 15 is 0 Å². The molecule has 1 saturated heterocycles. The number of benzene rings is 4. The van der Waals surface area contributed by atoms with Crippen LogP contribution in [0.25, 0.3) is 11.1 Å². The molecule has 3 amide bonds. The largest absolute Gasteiger partial charge is 0.378 e. The first-order chi connectivity index (χ1) is 27.7. The van der Waals surface area contributed by atoms with Gasteiger partial charge in [-0.15, -0.1) is 0 Å². The Morgan fingerprint density at radius 2 is 1.14 bits per heavy atom. The molecule has 3 aliphatic heterocycles. The molecule has 0 unspecified atom stereocenters. The molecule has 0 spiro atoms. The lowest BCUT2D eigenvalue weighted by Gasteiger charge is -2.40. The van der Waals surface area contributed by atoms with Gasteiger partial charge >= 0.3 is 0 Å². The average Bonchev–Trinajstić information content (AvgIpc) is 3.74. The van der Waals surface area contributed by atoms with Crippen molar-refractivity contribution >= 4 is 40.5 Å².